The largest absolute Gasteiger partial charge is 0.385 e. The third-order valence-electron chi connectivity index (χ3n) is 2.77. The Balaban J connectivity index is 2.27. The number of rotatable bonds is 3. The highest BCUT2D eigenvalue weighted by Crippen LogP contribution is 2.27. The van der Waals surface area contributed by atoms with Crippen LogP contribution in [0.3, 0.4) is 0 Å². The zero-order valence-electron chi connectivity index (χ0n) is 9.90. The Morgan fingerprint density at radius 2 is 2.00 bits per heavy atom. The summed E-state index contributed by atoms with van der Waals surface area (Å²) in [6, 6.07) is 9.90. The lowest BCUT2D eigenvalue weighted by atomic mass is 9.90. The molecule has 0 aliphatic rings. The Labute approximate surface area is 114 Å². The first-order valence-electron chi connectivity index (χ1n) is 5.57. The first kappa shape index (κ1) is 13.2. The van der Waals surface area contributed by atoms with Gasteiger partial charge in [-0.2, -0.15) is 0 Å². The maximum Gasteiger partial charge on any atom is 0.129 e. The third-order valence-corrected chi connectivity index (χ3v) is 3.24. The Morgan fingerprint density at radius 3 is 2.61 bits per heavy atom. The molecule has 0 radical (unpaired) electrons. The van der Waals surface area contributed by atoms with Crippen LogP contribution in [0.1, 0.15) is 18.2 Å². The molecule has 0 spiro atoms. The van der Waals surface area contributed by atoms with E-state index in [9.17, 15) is 9.50 Å². The average Bonchev–Trinajstić information content (AvgIpc) is 2.32. The van der Waals surface area contributed by atoms with Gasteiger partial charge in [-0.15, -0.1) is 0 Å². The van der Waals surface area contributed by atoms with Crippen molar-refractivity contribution >= 4 is 15.9 Å². The highest BCUT2D eigenvalue weighted by molar-refractivity contribution is 9.10. The maximum atomic E-state index is 13.7. The number of pyridine rings is 1. The van der Waals surface area contributed by atoms with Crippen LogP contribution in [0, 0.1) is 5.82 Å². The molecule has 0 amide bonds. The molecular weight excluding hydrogens is 297 g/mol. The van der Waals surface area contributed by atoms with Gasteiger partial charge in [0, 0.05) is 28.3 Å². The maximum absolute atomic E-state index is 13.7. The summed E-state index contributed by atoms with van der Waals surface area (Å²) in [7, 11) is 0. The Bertz CT molecular complexity index is 540. The van der Waals surface area contributed by atoms with Crippen molar-refractivity contribution in [1.29, 1.82) is 0 Å². The van der Waals surface area contributed by atoms with E-state index in [-0.39, 0.29) is 12.0 Å². The second kappa shape index (κ2) is 5.16. The van der Waals surface area contributed by atoms with Gasteiger partial charge in [-0.3, -0.25) is 4.98 Å². The van der Waals surface area contributed by atoms with Crippen molar-refractivity contribution in [2.75, 3.05) is 0 Å². The van der Waals surface area contributed by atoms with Crippen LogP contribution in [0.5, 0.6) is 0 Å². The van der Waals surface area contributed by atoms with Crippen molar-refractivity contribution in [3.8, 4) is 0 Å². The minimum absolute atomic E-state index is 0.265. The number of aliphatic hydroxyl groups is 1. The molecule has 0 aliphatic heterocycles. The summed E-state index contributed by atoms with van der Waals surface area (Å²) in [5.74, 6) is -0.403. The van der Waals surface area contributed by atoms with Crippen molar-refractivity contribution in [1.82, 2.24) is 4.98 Å². The molecule has 1 aromatic heterocycles. The van der Waals surface area contributed by atoms with Crippen molar-refractivity contribution < 1.29 is 9.50 Å². The fourth-order valence-corrected chi connectivity index (χ4v) is 2.09. The quantitative estimate of drug-likeness (QED) is 0.942. The minimum atomic E-state index is -1.27. The molecule has 1 unspecified atom stereocenters. The van der Waals surface area contributed by atoms with Crippen LogP contribution >= 0.6 is 15.9 Å². The van der Waals surface area contributed by atoms with E-state index in [2.05, 4.69) is 20.9 Å². The fourth-order valence-electron chi connectivity index (χ4n) is 1.86. The molecule has 0 saturated heterocycles. The van der Waals surface area contributed by atoms with E-state index in [1.165, 1.54) is 6.07 Å². The molecule has 18 heavy (non-hydrogen) atoms. The van der Waals surface area contributed by atoms with Gasteiger partial charge in [0.05, 0.1) is 5.60 Å². The Kier molecular flexibility index (Phi) is 3.78. The zero-order valence-corrected chi connectivity index (χ0v) is 11.5. The van der Waals surface area contributed by atoms with E-state index in [1.807, 2.05) is 6.07 Å². The van der Waals surface area contributed by atoms with Crippen LogP contribution in [0.2, 0.25) is 0 Å². The van der Waals surface area contributed by atoms with Gasteiger partial charge in [-0.05, 0) is 41.1 Å². The van der Waals surface area contributed by atoms with Crippen LogP contribution in [-0.4, -0.2) is 10.1 Å². The summed E-state index contributed by atoms with van der Waals surface area (Å²) >= 11 is 3.30. The van der Waals surface area contributed by atoms with Gasteiger partial charge in [0.1, 0.15) is 5.82 Å². The van der Waals surface area contributed by atoms with Gasteiger partial charge in [0.25, 0.3) is 0 Å². The van der Waals surface area contributed by atoms with Gasteiger partial charge in [-0.25, -0.2) is 4.39 Å². The highest BCUT2D eigenvalue weighted by Gasteiger charge is 2.27. The van der Waals surface area contributed by atoms with Gasteiger partial charge in [-0.1, -0.05) is 18.2 Å². The van der Waals surface area contributed by atoms with Crippen LogP contribution in [0.4, 0.5) is 4.39 Å². The van der Waals surface area contributed by atoms with E-state index in [1.54, 1.807) is 37.4 Å². The summed E-state index contributed by atoms with van der Waals surface area (Å²) in [5.41, 5.74) is -0.271. The first-order chi connectivity index (χ1) is 8.49. The molecule has 1 N–H and O–H groups in total. The van der Waals surface area contributed by atoms with Crippen LogP contribution in [0.25, 0.3) is 0 Å². The van der Waals surface area contributed by atoms with Crippen molar-refractivity contribution in [2.24, 2.45) is 0 Å². The van der Waals surface area contributed by atoms with Crippen molar-refractivity contribution in [3.63, 3.8) is 0 Å². The topological polar surface area (TPSA) is 33.1 Å². The van der Waals surface area contributed by atoms with Gasteiger partial charge >= 0.3 is 0 Å². The molecule has 0 saturated carbocycles. The molecule has 4 heteroatoms. The summed E-state index contributed by atoms with van der Waals surface area (Å²) in [6.45, 7) is 1.59. The SMILES string of the molecule is CC(O)(Cc1ccc(Br)cn1)c1ccccc1F. The molecule has 1 heterocycles. The number of aromatic nitrogens is 1. The summed E-state index contributed by atoms with van der Waals surface area (Å²) in [4.78, 5) is 4.19. The molecular formula is C14H13BrFNO. The number of hydrogen-bond acceptors (Lipinski definition) is 2. The molecule has 0 fully saturated rings. The lowest BCUT2D eigenvalue weighted by Crippen LogP contribution is -2.26. The molecule has 2 rings (SSSR count). The van der Waals surface area contributed by atoms with Crippen LogP contribution in [-0.2, 0) is 12.0 Å². The van der Waals surface area contributed by atoms with Crippen molar-refractivity contribution in [3.05, 3.63) is 64.1 Å². The predicted molar refractivity (Wildman–Crippen MR) is 71.6 cm³/mol. The highest BCUT2D eigenvalue weighted by atomic mass is 79.9. The van der Waals surface area contributed by atoms with Crippen LogP contribution in [0.15, 0.2) is 47.1 Å². The van der Waals surface area contributed by atoms with Crippen LogP contribution < -0.4 is 0 Å². The Hall–Kier alpha value is -1.26. The van der Waals surface area contributed by atoms with E-state index in [0.717, 1.165) is 4.47 Å². The zero-order chi connectivity index (χ0) is 13.2. The average molecular weight is 310 g/mol. The number of benzene rings is 1. The van der Waals surface area contributed by atoms with E-state index in [4.69, 9.17) is 0 Å². The second-order valence-electron chi connectivity index (χ2n) is 4.40. The standard InChI is InChI=1S/C14H13BrFNO/c1-14(18,12-4-2-3-5-13(12)16)8-11-7-6-10(15)9-17-11/h2-7,9,18H,8H2,1H3. The van der Waals surface area contributed by atoms with Crippen molar-refractivity contribution in [2.45, 2.75) is 18.9 Å². The summed E-state index contributed by atoms with van der Waals surface area (Å²) in [6.07, 6.45) is 1.92. The molecule has 1 aromatic carbocycles. The minimum Gasteiger partial charge on any atom is -0.385 e. The Morgan fingerprint density at radius 1 is 1.28 bits per heavy atom. The molecule has 2 nitrogen and oxygen atoms in total. The van der Waals surface area contributed by atoms with Gasteiger partial charge in [0.15, 0.2) is 0 Å². The predicted octanol–water partition coefficient (Wildman–Crippen LogP) is 3.43. The lowest BCUT2D eigenvalue weighted by molar-refractivity contribution is 0.0528. The molecule has 0 bridgehead atoms. The van der Waals surface area contributed by atoms with E-state index in [0.29, 0.717) is 5.69 Å². The first-order valence-corrected chi connectivity index (χ1v) is 6.36. The normalized spacial score (nSPS) is 14.2. The van der Waals surface area contributed by atoms with E-state index < -0.39 is 11.4 Å². The smallest absolute Gasteiger partial charge is 0.129 e. The monoisotopic (exact) mass is 309 g/mol. The fraction of sp³-hybridized carbons (Fsp3) is 0.214. The third kappa shape index (κ3) is 2.94. The number of hydrogen-bond donors (Lipinski definition) is 1. The van der Waals surface area contributed by atoms with E-state index >= 15 is 0 Å². The van der Waals surface area contributed by atoms with Gasteiger partial charge in [0.2, 0.25) is 0 Å². The molecule has 94 valence electrons. The molecule has 1 atom stereocenters. The van der Waals surface area contributed by atoms with Gasteiger partial charge < -0.3 is 5.11 Å². The summed E-state index contributed by atoms with van der Waals surface area (Å²) < 4.78 is 14.5. The number of halogens is 2. The lowest BCUT2D eigenvalue weighted by Gasteiger charge is -2.24. The summed E-state index contributed by atoms with van der Waals surface area (Å²) in [5, 5.41) is 10.4. The number of nitrogens with zero attached hydrogens (tertiary/aromatic N) is 1. The molecule has 0 aliphatic carbocycles. The molecule has 2 aromatic rings. The second-order valence-corrected chi connectivity index (χ2v) is 5.31.